The van der Waals surface area contributed by atoms with E-state index in [9.17, 15) is 0 Å². The zero-order chi connectivity index (χ0) is 8.65. The summed E-state index contributed by atoms with van der Waals surface area (Å²) in [5.74, 6) is 0. The summed E-state index contributed by atoms with van der Waals surface area (Å²) in [5.41, 5.74) is 5.25. The fourth-order valence-corrected chi connectivity index (χ4v) is 1.28. The minimum atomic E-state index is 0.581. The zero-order valence-electron chi connectivity index (χ0n) is 6.82. The van der Waals surface area contributed by atoms with Crippen molar-refractivity contribution in [2.75, 3.05) is 31.6 Å². The van der Waals surface area contributed by atoms with Crippen LogP contribution < -0.4 is 11.1 Å². The van der Waals surface area contributed by atoms with E-state index in [1.165, 1.54) is 0 Å². The van der Waals surface area contributed by atoms with Gasteiger partial charge in [0.15, 0.2) is 5.13 Å². The molecule has 4 nitrogen and oxygen atoms in total. The smallest absolute Gasteiger partial charge is 0.182 e. The van der Waals surface area contributed by atoms with E-state index >= 15 is 0 Å². The van der Waals surface area contributed by atoms with Crippen LogP contribution in [0.2, 0.25) is 0 Å². The SMILES string of the molecule is NCCOCCNc1nccs1. The van der Waals surface area contributed by atoms with Crippen LogP contribution in [0.1, 0.15) is 0 Å². The molecule has 0 bridgehead atoms. The zero-order valence-corrected chi connectivity index (χ0v) is 7.64. The highest BCUT2D eigenvalue weighted by Gasteiger charge is 1.91. The van der Waals surface area contributed by atoms with Crippen LogP contribution in [0.3, 0.4) is 0 Å². The largest absolute Gasteiger partial charge is 0.378 e. The van der Waals surface area contributed by atoms with Crippen molar-refractivity contribution in [2.24, 2.45) is 5.73 Å². The summed E-state index contributed by atoms with van der Waals surface area (Å²) in [7, 11) is 0. The second-order valence-electron chi connectivity index (χ2n) is 2.17. The Morgan fingerprint density at radius 3 is 3.17 bits per heavy atom. The Bertz CT molecular complexity index is 191. The van der Waals surface area contributed by atoms with Crippen LogP contribution in [-0.4, -0.2) is 31.3 Å². The molecule has 0 spiro atoms. The molecular formula is C7H13N3OS. The molecule has 0 saturated carbocycles. The molecular weight excluding hydrogens is 174 g/mol. The number of nitrogens with one attached hydrogen (secondary N) is 1. The first-order chi connectivity index (χ1) is 5.93. The van der Waals surface area contributed by atoms with E-state index in [0.29, 0.717) is 19.8 Å². The maximum Gasteiger partial charge on any atom is 0.182 e. The van der Waals surface area contributed by atoms with Gasteiger partial charge in [0.25, 0.3) is 0 Å². The standard InChI is InChI=1S/C7H13N3OS/c8-1-4-11-5-2-9-7-10-3-6-12-7/h3,6H,1-2,4-5,8H2,(H,9,10). The van der Waals surface area contributed by atoms with Gasteiger partial charge in [0.1, 0.15) is 0 Å². The molecule has 0 aromatic carbocycles. The first-order valence-corrected chi connectivity index (χ1v) is 4.72. The molecule has 0 amide bonds. The fraction of sp³-hybridized carbons (Fsp3) is 0.571. The Kier molecular flexibility index (Phi) is 4.67. The van der Waals surface area contributed by atoms with E-state index in [2.05, 4.69) is 10.3 Å². The summed E-state index contributed by atoms with van der Waals surface area (Å²) in [5, 5.41) is 6.00. The van der Waals surface area contributed by atoms with Gasteiger partial charge in [0, 0.05) is 24.7 Å². The lowest BCUT2D eigenvalue weighted by Crippen LogP contribution is -2.14. The first kappa shape index (κ1) is 9.44. The predicted octanol–water partition coefficient (Wildman–Crippen LogP) is 0.530. The molecule has 68 valence electrons. The molecule has 3 N–H and O–H groups in total. The van der Waals surface area contributed by atoms with Crippen LogP contribution in [0, 0.1) is 0 Å². The number of nitrogens with zero attached hydrogens (tertiary/aromatic N) is 1. The van der Waals surface area contributed by atoms with Crippen LogP contribution in [0.15, 0.2) is 11.6 Å². The number of hydrogen-bond donors (Lipinski definition) is 2. The summed E-state index contributed by atoms with van der Waals surface area (Å²) < 4.78 is 5.17. The first-order valence-electron chi connectivity index (χ1n) is 3.84. The van der Waals surface area contributed by atoms with Crippen molar-refractivity contribution >= 4 is 16.5 Å². The molecule has 0 fully saturated rings. The number of aromatic nitrogens is 1. The van der Waals surface area contributed by atoms with Crippen molar-refractivity contribution < 1.29 is 4.74 Å². The van der Waals surface area contributed by atoms with E-state index in [4.69, 9.17) is 10.5 Å². The van der Waals surface area contributed by atoms with Gasteiger partial charge in [0.2, 0.25) is 0 Å². The number of rotatable bonds is 6. The Balaban J connectivity index is 1.96. The average Bonchev–Trinajstić information content (AvgIpc) is 2.57. The number of anilines is 1. The average molecular weight is 187 g/mol. The predicted molar refractivity (Wildman–Crippen MR) is 50.5 cm³/mol. The molecule has 1 aromatic heterocycles. The third kappa shape index (κ3) is 3.66. The highest BCUT2D eigenvalue weighted by molar-refractivity contribution is 7.13. The Morgan fingerprint density at radius 2 is 2.50 bits per heavy atom. The lowest BCUT2D eigenvalue weighted by atomic mass is 10.6. The lowest BCUT2D eigenvalue weighted by molar-refractivity contribution is 0.151. The van der Waals surface area contributed by atoms with Gasteiger partial charge in [-0.1, -0.05) is 0 Å². The van der Waals surface area contributed by atoms with Crippen molar-refractivity contribution in [2.45, 2.75) is 0 Å². The molecule has 0 saturated heterocycles. The Hall–Kier alpha value is -0.650. The van der Waals surface area contributed by atoms with Gasteiger partial charge in [-0.3, -0.25) is 0 Å². The minimum absolute atomic E-state index is 0.581. The minimum Gasteiger partial charge on any atom is -0.378 e. The molecule has 0 aliphatic carbocycles. The topological polar surface area (TPSA) is 60.2 Å². The molecule has 0 aliphatic heterocycles. The van der Waals surface area contributed by atoms with Crippen molar-refractivity contribution in [1.82, 2.24) is 4.98 Å². The highest BCUT2D eigenvalue weighted by atomic mass is 32.1. The quantitative estimate of drug-likeness (QED) is 0.638. The fourth-order valence-electron chi connectivity index (χ4n) is 0.726. The molecule has 1 aromatic rings. The van der Waals surface area contributed by atoms with E-state index < -0.39 is 0 Å². The Morgan fingerprint density at radius 1 is 1.58 bits per heavy atom. The molecule has 1 heterocycles. The second-order valence-corrected chi connectivity index (χ2v) is 3.06. The summed E-state index contributed by atoms with van der Waals surface area (Å²) in [6.45, 7) is 2.67. The van der Waals surface area contributed by atoms with Crippen LogP contribution in [0.4, 0.5) is 5.13 Å². The van der Waals surface area contributed by atoms with Gasteiger partial charge < -0.3 is 15.8 Å². The van der Waals surface area contributed by atoms with Crippen LogP contribution in [-0.2, 0) is 4.74 Å². The number of thiazole rings is 1. The van der Waals surface area contributed by atoms with Crippen molar-refractivity contribution in [1.29, 1.82) is 0 Å². The van der Waals surface area contributed by atoms with Crippen LogP contribution >= 0.6 is 11.3 Å². The van der Waals surface area contributed by atoms with E-state index in [1.54, 1.807) is 17.5 Å². The molecule has 0 radical (unpaired) electrons. The molecule has 1 rings (SSSR count). The maximum atomic E-state index is 5.25. The van der Waals surface area contributed by atoms with Gasteiger partial charge >= 0.3 is 0 Å². The van der Waals surface area contributed by atoms with E-state index in [1.807, 2.05) is 5.38 Å². The second kappa shape index (κ2) is 5.93. The van der Waals surface area contributed by atoms with Gasteiger partial charge in [-0.25, -0.2) is 4.98 Å². The maximum absolute atomic E-state index is 5.25. The molecule has 0 aliphatic rings. The number of hydrogen-bond acceptors (Lipinski definition) is 5. The van der Waals surface area contributed by atoms with Gasteiger partial charge in [-0.15, -0.1) is 11.3 Å². The van der Waals surface area contributed by atoms with Gasteiger partial charge in [0.05, 0.1) is 13.2 Å². The van der Waals surface area contributed by atoms with Gasteiger partial charge in [-0.05, 0) is 0 Å². The normalized spacial score (nSPS) is 10.1. The lowest BCUT2D eigenvalue weighted by Gasteiger charge is -2.02. The molecule has 12 heavy (non-hydrogen) atoms. The monoisotopic (exact) mass is 187 g/mol. The molecule has 0 unspecified atom stereocenters. The van der Waals surface area contributed by atoms with Crippen LogP contribution in [0.25, 0.3) is 0 Å². The van der Waals surface area contributed by atoms with Crippen LogP contribution in [0.5, 0.6) is 0 Å². The summed E-state index contributed by atoms with van der Waals surface area (Å²) in [4.78, 5) is 4.06. The van der Waals surface area contributed by atoms with Crippen molar-refractivity contribution in [3.8, 4) is 0 Å². The third-order valence-corrected chi connectivity index (χ3v) is 1.95. The van der Waals surface area contributed by atoms with Gasteiger partial charge in [-0.2, -0.15) is 0 Å². The third-order valence-electron chi connectivity index (χ3n) is 1.22. The Labute approximate surface area is 75.8 Å². The molecule has 0 atom stereocenters. The van der Waals surface area contributed by atoms with Crippen molar-refractivity contribution in [3.63, 3.8) is 0 Å². The van der Waals surface area contributed by atoms with E-state index in [0.717, 1.165) is 11.7 Å². The van der Waals surface area contributed by atoms with Crippen molar-refractivity contribution in [3.05, 3.63) is 11.6 Å². The van der Waals surface area contributed by atoms with E-state index in [-0.39, 0.29) is 0 Å². The highest BCUT2D eigenvalue weighted by Crippen LogP contribution is 2.08. The molecule has 5 heteroatoms. The number of ether oxygens (including phenoxy) is 1. The summed E-state index contributed by atoms with van der Waals surface area (Å²) in [6.07, 6.45) is 1.77. The summed E-state index contributed by atoms with van der Waals surface area (Å²) in [6, 6.07) is 0. The summed E-state index contributed by atoms with van der Waals surface area (Å²) >= 11 is 1.58. The number of nitrogens with two attached hydrogens (primary N) is 1.